The Labute approximate surface area is 156 Å². The summed E-state index contributed by atoms with van der Waals surface area (Å²) in [5, 5.41) is 6.70. The normalized spacial score (nSPS) is 9.12. The molecule has 0 aliphatic rings. The van der Waals surface area contributed by atoms with Crippen LogP contribution < -0.4 is 10.6 Å². The van der Waals surface area contributed by atoms with Gasteiger partial charge in [-0.3, -0.25) is 0 Å². The Kier molecular flexibility index (Phi) is 60.8. The third kappa shape index (κ3) is 42.9. The largest absolute Gasteiger partial charge is 0.386 e. The quantitative estimate of drug-likeness (QED) is 0.472. The van der Waals surface area contributed by atoms with Crippen molar-refractivity contribution in [2.75, 3.05) is 7.05 Å². The van der Waals surface area contributed by atoms with Crippen LogP contribution in [0.1, 0.15) is 88.5 Å². The van der Waals surface area contributed by atoms with Crippen molar-refractivity contribution in [2.24, 2.45) is 0 Å². The third-order valence-corrected chi connectivity index (χ3v) is 2.79. The van der Waals surface area contributed by atoms with Gasteiger partial charge in [-0.15, -0.1) is 26.3 Å². The summed E-state index contributed by atoms with van der Waals surface area (Å²) in [5.74, 6) is 0. The molecule has 0 spiro atoms. The van der Waals surface area contributed by atoms with Crippen LogP contribution in [0.2, 0.25) is 0 Å². The van der Waals surface area contributed by atoms with Crippen molar-refractivity contribution in [3.05, 3.63) is 38.6 Å². The number of allylic oxidation sites excluding steroid dienone is 1. The highest BCUT2D eigenvalue weighted by atomic mass is 14.9. The zero-order chi connectivity index (χ0) is 21.2. The van der Waals surface area contributed by atoms with Crippen molar-refractivity contribution < 1.29 is 0 Å². The summed E-state index contributed by atoms with van der Waals surface area (Å²) in [6, 6.07) is 0.542. The van der Waals surface area contributed by atoms with Gasteiger partial charge in [0.1, 0.15) is 0 Å². The molecule has 0 aliphatic heterocycles. The molecule has 24 heavy (non-hydrogen) atoms. The van der Waals surface area contributed by atoms with E-state index in [1.807, 2.05) is 48.6 Å². The SMILES string of the molecule is C=C.C=C.C=C(CCC(C)(C)NC)NC(C)CC.CC.CC.CC. The molecular formula is C22H52N2. The topological polar surface area (TPSA) is 24.1 Å². The first-order valence-corrected chi connectivity index (χ1v) is 9.54. The van der Waals surface area contributed by atoms with Gasteiger partial charge in [-0.05, 0) is 47.1 Å². The van der Waals surface area contributed by atoms with Gasteiger partial charge in [-0.2, -0.15) is 0 Å². The average molecular weight is 345 g/mol. The molecule has 2 heteroatoms. The number of hydrogen-bond acceptors (Lipinski definition) is 2. The van der Waals surface area contributed by atoms with Gasteiger partial charge in [-0.25, -0.2) is 0 Å². The molecule has 0 amide bonds. The van der Waals surface area contributed by atoms with E-state index in [0.29, 0.717) is 6.04 Å². The lowest BCUT2D eigenvalue weighted by Gasteiger charge is -2.25. The van der Waals surface area contributed by atoms with Gasteiger partial charge in [0, 0.05) is 17.3 Å². The van der Waals surface area contributed by atoms with Gasteiger partial charge >= 0.3 is 0 Å². The fourth-order valence-corrected chi connectivity index (χ4v) is 1.11. The highest BCUT2D eigenvalue weighted by Crippen LogP contribution is 2.13. The van der Waals surface area contributed by atoms with Crippen LogP contribution in [0.5, 0.6) is 0 Å². The van der Waals surface area contributed by atoms with Crippen LogP contribution in [-0.2, 0) is 0 Å². The number of nitrogens with one attached hydrogen (secondary N) is 2. The monoisotopic (exact) mass is 344 g/mol. The van der Waals surface area contributed by atoms with E-state index in [4.69, 9.17) is 0 Å². The van der Waals surface area contributed by atoms with Crippen LogP contribution in [0.15, 0.2) is 38.6 Å². The molecule has 1 unspecified atom stereocenters. The Hall–Kier alpha value is -1.02. The van der Waals surface area contributed by atoms with Crippen molar-refractivity contribution in [1.82, 2.24) is 10.6 Å². The lowest BCUT2D eigenvalue weighted by molar-refractivity contribution is 0.387. The second kappa shape index (κ2) is 37.9. The molecule has 0 radical (unpaired) electrons. The van der Waals surface area contributed by atoms with Gasteiger partial charge in [0.25, 0.3) is 0 Å². The first-order chi connectivity index (χ1) is 11.4. The fourth-order valence-electron chi connectivity index (χ4n) is 1.11. The second-order valence-corrected chi connectivity index (χ2v) is 4.69. The summed E-state index contributed by atoms with van der Waals surface area (Å²) >= 11 is 0. The van der Waals surface area contributed by atoms with Gasteiger partial charge in [-0.1, -0.05) is 55.0 Å². The summed E-state index contributed by atoms with van der Waals surface area (Å²) in [6.07, 6.45) is 3.30. The van der Waals surface area contributed by atoms with Crippen molar-refractivity contribution in [3.8, 4) is 0 Å². The van der Waals surface area contributed by atoms with Crippen molar-refractivity contribution in [1.29, 1.82) is 0 Å². The molecule has 0 saturated heterocycles. The van der Waals surface area contributed by atoms with E-state index in [9.17, 15) is 0 Å². The van der Waals surface area contributed by atoms with E-state index in [-0.39, 0.29) is 5.54 Å². The molecule has 0 rings (SSSR count). The smallest absolute Gasteiger partial charge is 0.0227 e. The van der Waals surface area contributed by atoms with Crippen molar-refractivity contribution in [2.45, 2.75) is 100 Å². The number of rotatable bonds is 7. The third-order valence-electron chi connectivity index (χ3n) is 2.79. The van der Waals surface area contributed by atoms with Gasteiger partial charge in [0.15, 0.2) is 0 Å². The van der Waals surface area contributed by atoms with Crippen LogP contribution in [0.25, 0.3) is 0 Å². The van der Waals surface area contributed by atoms with Crippen LogP contribution in [0, 0.1) is 0 Å². The molecule has 0 heterocycles. The van der Waals surface area contributed by atoms with E-state index >= 15 is 0 Å². The summed E-state index contributed by atoms with van der Waals surface area (Å²) in [5.41, 5.74) is 1.36. The Balaban J connectivity index is -0.0000000687. The van der Waals surface area contributed by atoms with Crippen LogP contribution >= 0.6 is 0 Å². The standard InChI is InChI=1S/C12H26N2.3C2H6.2C2H4/c1-7-10(2)14-11(3)8-9-12(4,5)13-6;5*1-2/h10,13-14H,3,7-9H2,1-2,4-6H3;3*1-2H3;2*1-2H2. The Bertz CT molecular complexity index is 196. The minimum Gasteiger partial charge on any atom is -0.386 e. The molecule has 1 atom stereocenters. The molecule has 0 aliphatic carbocycles. The second-order valence-electron chi connectivity index (χ2n) is 4.69. The van der Waals surface area contributed by atoms with Gasteiger partial charge in [0.2, 0.25) is 0 Å². The lowest BCUT2D eigenvalue weighted by atomic mass is 9.98. The van der Waals surface area contributed by atoms with Crippen molar-refractivity contribution >= 4 is 0 Å². The van der Waals surface area contributed by atoms with Gasteiger partial charge < -0.3 is 10.6 Å². The first kappa shape index (κ1) is 38.5. The Morgan fingerprint density at radius 1 is 0.917 bits per heavy atom. The maximum absolute atomic E-state index is 4.04. The highest BCUT2D eigenvalue weighted by Gasteiger charge is 2.14. The van der Waals surface area contributed by atoms with E-state index in [2.05, 4.69) is 71.2 Å². The molecule has 2 nitrogen and oxygen atoms in total. The van der Waals surface area contributed by atoms with Crippen molar-refractivity contribution in [3.63, 3.8) is 0 Å². The molecule has 0 aromatic carbocycles. The van der Waals surface area contributed by atoms with E-state index in [1.54, 1.807) is 0 Å². The molecule has 0 aromatic heterocycles. The van der Waals surface area contributed by atoms with Gasteiger partial charge in [0.05, 0.1) is 0 Å². The maximum atomic E-state index is 4.04. The van der Waals surface area contributed by atoms with E-state index < -0.39 is 0 Å². The fraction of sp³-hybridized carbons (Fsp3) is 0.727. The molecular weight excluding hydrogens is 292 g/mol. The highest BCUT2D eigenvalue weighted by molar-refractivity contribution is 4.95. The Morgan fingerprint density at radius 3 is 1.50 bits per heavy atom. The molecule has 0 aromatic rings. The number of hydrogen-bond donors (Lipinski definition) is 2. The van der Waals surface area contributed by atoms with Crippen LogP contribution in [0.3, 0.4) is 0 Å². The van der Waals surface area contributed by atoms with E-state index in [0.717, 1.165) is 25.0 Å². The zero-order valence-electron chi connectivity index (χ0n) is 19.2. The van der Waals surface area contributed by atoms with E-state index in [1.165, 1.54) is 0 Å². The molecule has 0 saturated carbocycles. The average Bonchev–Trinajstić information content (AvgIpc) is 2.68. The summed E-state index contributed by atoms with van der Waals surface area (Å²) in [4.78, 5) is 0. The van der Waals surface area contributed by atoms with Crippen LogP contribution in [0.4, 0.5) is 0 Å². The minimum atomic E-state index is 0.208. The molecule has 150 valence electrons. The molecule has 0 bridgehead atoms. The summed E-state index contributed by atoms with van der Waals surface area (Å²) in [6.45, 7) is 36.8. The summed E-state index contributed by atoms with van der Waals surface area (Å²) in [7, 11) is 2.00. The van der Waals surface area contributed by atoms with Crippen LogP contribution in [-0.4, -0.2) is 18.6 Å². The molecule has 2 N–H and O–H groups in total. The molecule has 0 fully saturated rings. The lowest BCUT2D eigenvalue weighted by Crippen LogP contribution is -2.36. The predicted molar refractivity (Wildman–Crippen MR) is 121 cm³/mol. The predicted octanol–water partition coefficient (Wildman–Crippen LogP) is 7.35. The Morgan fingerprint density at radius 2 is 1.25 bits per heavy atom. The summed E-state index contributed by atoms with van der Waals surface area (Å²) < 4.78 is 0. The maximum Gasteiger partial charge on any atom is 0.0227 e. The first-order valence-electron chi connectivity index (χ1n) is 9.54. The minimum absolute atomic E-state index is 0.208. The zero-order valence-corrected chi connectivity index (χ0v) is 19.2.